The zero-order valence-corrected chi connectivity index (χ0v) is 17.3. The fourth-order valence-electron chi connectivity index (χ4n) is 3.24. The Kier molecular flexibility index (Phi) is 5.39. The Bertz CT molecular complexity index is 1220. The molecule has 1 aliphatic rings. The van der Waals surface area contributed by atoms with Gasteiger partial charge in [-0.05, 0) is 48.9 Å². The molecule has 0 radical (unpaired) electrons. The number of nitrogens with one attached hydrogen (secondary N) is 3. The summed E-state index contributed by atoms with van der Waals surface area (Å²) in [4.78, 5) is 37.5. The van der Waals surface area contributed by atoms with Crippen LogP contribution >= 0.6 is 11.3 Å². The minimum Gasteiger partial charge on any atom is -0.323 e. The largest absolute Gasteiger partial charge is 0.323 e. The van der Waals surface area contributed by atoms with Crippen molar-refractivity contribution < 1.29 is 18.8 Å². The number of carbonyl (C=O) groups is 3. The molecule has 0 saturated carbocycles. The number of benzene rings is 2. The van der Waals surface area contributed by atoms with E-state index in [1.807, 2.05) is 12.1 Å². The minimum absolute atomic E-state index is 0.293. The van der Waals surface area contributed by atoms with E-state index in [0.717, 1.165) is 9.75 Å². The number of hydrogen-bond donors (Lipinski definition) is 3. The Morgan fingerprint density at radius 3 is 2.65 bits per heavy atom. The number of carbonyl (C=O) groups excluding carboxylic acids is 3. The summed E-state index contributed by atoms with van der Waals surface area (Å²) < 4.78 is 13.9. The van der Waals surface area contributed by atoms with Crippen LogP contribution in [0, 0.1) is 5.82 Å². The second kappa shape index (κ2) is 8.16. The number of anilines is 1. The summed E-state index contributed by atoms with van der Waals surface area (Å²) in [5, 5.41) is 7.55. The van der Waals surface area contributed by atoms with Crippen molar-refractivity contribution in [3.05, 3.63) is 83.0 Å². The monoisotopic (exact) mass is 435 g/mol. The standard InChI is InChI=1S/C23H18FN3O3S/c1-23(21(29)26-22(30)27-23)14-5-4-6-15(13-14)25-20(28)12-10-16-9-11-19(31-16)17-7-2-3-8-18(17)24/h2-13H,1H3,(H,25,28)(H2,26,27,29,30). The Balaban J connectivity index is 1.45. The van der Waals surface area contributed by atoms with Gasteiger partial charge in [-0.1, -0.05) is 30.3 Å². The van der Waals surface area contributed by atoms with E-state index in [1.54, 1.807) is 55.5 Å². The number of hydrogen-bond acceptors (Lipinski definition) is 4. The predicted molar refractivity (Wildman–Crippen MR) is 118 cm³/mol. The molecule has 2 heterocycles. The fraction of sp³-hybridized carbons (Fsp3) is 0.0870. The van der Waals surface area contributed by atoms with Crippen LogP contribution in [-0.2, 0) is 15.1 Å². The van der Waals surface area contributed by atoms with E-state index < -0.39 is 17.5 Å². The average molecular weight is 435 g/mol. The molecular formula is C23H18FN3O3S. The molecule has 4 amide bonds. The highest BCUT2D eigenvalue weighted by Gasteiger charge is 2.43. The summed E-state index contributed by atoms with van der Waals surface area (Å²) in [6.07, 6.45) is 3.04. The lowest BCUT2D eigenvalue weighted by molar-refractivity contribution is -0.123. The third-order valence-corrected chi connectivity index (χ3v) is 6.00. The van der Waals surface area contributed by atoms with Crippen molar-refractivity contribution in [2.75, 3.05) is 5.32 Å². The van der Waals surface area contributed by atoms with E-state index in [1.165, 1.54) is 23.5 Å². The van der Waals surface area contributed by atoms with Crippen LogP contribution in [0.1, 0.15) is 17.4 Å². The normalized spacial score (nSPS) is 18.1. The first-order chi connectivity index (χ1) is 14.8. The molecule has 2 aromatic carbocycles. The molecule has 4 rings (SSSR count). The minimum atomic E-state index is -1.20. The maximum Gasteiger partial charge on any atom is 0.322 e. The highest BCUT2D eigenvalue weighted by atomic mass is 32.1. The predicted octanol–water partition coefficient (Wildman–Crippen LogP) is 4.26. The van der Waals surface area contributed by atoms with E-state index in [4.69, 9.17) is 0 Å². The molecule has 1 unspecified atom stereocenters. The number of rotatable bonds is 5. The lowest BCUT2D eigenvalue weighted by Crippen LogP contribution is -2.40. The summed E-state index contributed by atoms with van der Waals surface area (Å²) in [6, 6.07) is 16.3. The number of thiophene rings is 1. The molecule has 1 aromatic heterocycles. The molecule has 1 aliphatic heterocycles. The molecule has 0 spiro atoms. The van der Waals surface area contributed by atoms with Crippen molar-refractivity contribution in [1.82, 2.24) is 10.6 Å². The van der Waals surface area contributed by atoms with E-state index >= 15 is 0 Å². The third kappa shape index (κ3) is 4.24. The van der Waals surface area contributed by atoms with Gasteiger partial charge in [0.05, 0.1) is 0 Å². The highest BCUT2D eigenvalue weighted by molar-refractivity contribution is 7.16. The van der Waals surface area contributed by atoms with Crippen molar-refractivity contribution in [3.63, 3.8) is 0 Å². The molecule has 1 saturated heterocycles. The molecular weight excluding hydrogens is 417 g/mol. The summed E-state index contributed by atoms with van der Waals surface area (Å²) in [5.41, 5.74) is 0.351. The first-order valence-electron chi connectivity index (χ1n) is 9.43. The molecule has 3 aromatic rings. The van der Waals surface area contributed by atoms with Gasteiger partial charge in [-0.3, -0.25) is 14.9 Å². The summed E-state index contributed by atoms with van der Waals surface area (Å²) in [7, 11) is 0. The van der Waals surface area contributed by atoms with Crippen molar-refractivity contribution in [3.8, 4) is 10.4 Å². The Morgan fingerprint density at radius 2 is 1.90 bits per heavy atom. The van der Waals surface area contributed by atoms with Gasteiger partial charge in [0.15, 0.2) is 0 Å². The molecule has 0 aliphatic carbocycles. The number of urea groups is 1. The van der Waals surface area contributed by atoms with Gasteiger partial charge in [0.2, 0.25) is 5.91 Å². The van der Waals surface area contributed by atoms with Crippen LogP contribution < -0.4 is 16.0 Å². The number of amides is 4. The van der Waals surface area contributed by atoms with Crippen LogP contribution in [0.2, 0.25) is 0 Å². The summed E-state index contributed by atoms with van der Waals surface area (Å²) in [5.74, 6) is -1.11. The molecule has 8 heteroatoms. The molecule has 6 nitrogen and oxygen atoms in total. The molecule has 3 N–H and O–H groups in total. The maximum atomic E-state index is 13.9. The van der Waals surface area contributed by atoms with Crippen molar-refractivity contribution in [2.45, 2.75) is 12.5 Å². The van der Waals surface area contributed by atoms with Crippen molar-refractivity contribution in [1.29, 1.82) is 0 Å². The molecule has 0 bridgehead atoms. The maximum absolute atomic E-state index is 13.9. The SMILES string of the molecule is CC1(c2cccc(NC(=O)C=Cc3ccc(-c4ccccc4F)s3)c2)NC(=O)NC1=O. The highest BCUT2D eigenvalue weighted by Crippen LogP contribution is 2.31. The first-order valence-corrected chi connectivity index (χ1v) is 10.2. The fourth-order valence-corrected chi connectivity index (χ4v) is 4.18. The zero-order valence-electron chi connectivity index (χ0n) is 16.4. The quantitative estimate of drug-likeness (QED) is 0.413. The topological polar surface area (TPSA) is 87.3 Å². The molecule has 31 heavy (non-hydrogen) atoms. The van der Waals surface area contributed by atoms with Gasteiger partial charge in [-0.25, -0.2) is 9.18 Å². The van der Waals surface area contributed by atoms with Crippen LogP contribution in [0.15, 0.2) is 66.7 Å². The van der Waals surface area contributed by atoms with Gasteiger partial charge in [0, 0.05) is 27.1 Å². The smallest absolute Gasteiger partial charge is 0.322 e. The van der Waals surface area contributed by atoms with Gasteiger partial charge in [-0.15, -0.1) is 11.3 Å². The van der Waals surface area contributed by atoms with Gasteiger partial charge in [0.1, 0.15) is 11.4 Å². The first kappa shape index (κ1) is 20.5. The molecule has 1 fully saturated rings. The van der Waals surface area contributed by atoms with Gasteiger partial charge in [0.25, 0.3) is 5.91 Å². The second-order valence-corrected chi connectivity index (χ2v) is 8.23. The average Bonchev–Trinajstić information content (AvgIpc) is 3.31. The third-order valence-electron chi connectivity index (χ3n) is 4.92. The van der Waals surface area contributed by atoms with Crippen LogP contribution in [0.5, 0.6) is 0 Å². The lowest BCUT2D eigenvalue weighted by Gasteiger charge is -2.21. The molecule has 156 valence electrons. The van der Waals surface area contributed by atoms with Gasteiger partial charge in [-0.2, -0.15) is 0 Å². The Morgan fingerprint density at radius 1 is 1.10 bits per heavy atom. The van der Waals surface area contributed by atoms with E-state index in [-0.39, 0.29) is 11.7 Å². The second-order valence-electron chi connectivity index (χ2n) is 7.12. The number of halogens is 1. The Labute approximate surface area is 181 Å². The van der Waals surface area contributed by atoms with Crippen LogP contribution in [-0.4, -0.2) is 17.8 Å². The van der Waals surface area contributed by atoms with Gasteiger partial charge >= 0.3 is 6.03 Å². The van der Waals surface area contributed by atoms with Crippen molar-refractivity contribution in [2.24, 2.45) is 0 Å². The van der Waals surface area contributed by atoms with Crippen LogP contribution in [0.3, 0.4) is 0 Å². The molecule has 1 atom stereocenters. The van der Waals surface area contributed by atoms with E-state index in [0.29, 0.717) is 16.8 Å². The van der Waals surface area contributed by atoms with E-state index in [2.05, 4.69) is 16.0 Å². The Hall–Kier alpha value is -3.78. The van der Waals surface area contributed by atoms with Crippen LogP contribution in [0.25, 0.3) is 16.5 Å². The van der Waals surface area contributed by atoms with E-state index in [9.17, 15) is 18.8 Å². The lowest BCUT2D eigenvalue weighted by atomic mass is 9.92. The number of imide groups is 1. The van der Waals surface area contributed by atoms with Crippen molar-refractivity contribution >= 4 is 40.9 Å². The zero-order chi connectivity index (χ0) is 22.0. The van der Waals surface area contributed by atoms with Gasteiger partial charge < -0.3 is 10.6 Å². The summed E-state index contributed by atoms with van der Waals surface area (Å²) in [6.45, 7) is 1.60. The van der Waals surface area contributed by atoms with Crippen LogP contribution in [0.4, 0.5) is 14.9 Å². The summed E-state index contributed by atoms with van der Waals surface area (Å²) >= 11 is 1.38.